The summed E-state index contributed by atoms with van der Waals surface area (Å²) in [6, 6.07) is 14.9. The van der Waals surface area contributed by atoms with Crippen LogP contribution in [-0.4, -0.2) is 17.0 Å². The highest BCUT2D eigenvalue weighted by Gasteiger charge is 2.12. The molecule has 3 aromatic rings. The number of fused-ring (bicyclic) bond motifs is 1. The number of hydrogen-bond acceptors (Lipinski definition) is 3. The largest absolute Gasteiger partial charge is 0.349 e. The average molecular weight is 283 g/mol. The molecule has 0 amide bonds. The highest BCUT2D eigenvalue weighted by molar-refractivity contribution is 7.99. The van der Waals surface area contributed by atoms with E-state index in [9.17, 15) is 0 Å². The lowest BCUT2D eigenvalue weighted by molar-refractivity contribution is 0.634. The van der Waals surface area contributed by atoms with Gasteiger partial charge < -0.3 is 10.3 Å². The van der Waals surface area contributed by atoms with E-state index in [-0.39, 0.29) is 6.04 Å². The van der Waals surface area contributed by atoms with E-state index >= 15 is 0 Å². The van der Waals surface area contributed by atoms with Gasteiger partial charge in [0.2, 0.25) is 0 Å². The Kier molecular flexibility index (Phi) is 3.76. The van der Waals surface area contributed by atoms with Crippen LogP contribution in [0, 0.1) is 0 Å². The summed E-state index contributed by atoms with van der Waals surface area (Å²) in [4.78, 5) is 7.95. The maximum absolute atomic E-state index is 4.52. The van der Waals surface area contributed by atoms with Crippen LogP contribution in [0.1, 0.15) is 18.5 Å². The van der Waals surface area contributed by atoms with Crippen LogP contribution in [0.15, 0.2) is 58.7 Å². The fraction of sp³-hybridized carbons (Fsp3) is 0.188. The van der Waals surface area contributed by atoms with Crippen molar-refractivity contribution in [1.29, 1.82) is 0 Å². The molecule has 1 atom stereocenters. The maximum atomic E-state index is 4.52. The van der Waals surface area contributed by atoms with Crippen LogP contribution in [0.5, 0.6) is 0 Å². The van der Waals surface area contributed by atoms with Crippen LogP contribution in [0.3, 0.4) is 0 Å². The molecule has 0 saturated carbocycles. The number of pyridine rings is 1. The Morgan fingerprint density at radius 3 is 2.85 bits per heavy atom. The third kappa shape index (κ3) is 2.57. The van der Waals surface area contributed by atoms with Crippen molar-refractivity contribution in [3.05, 3.63) is 54.2 Å². The minimum atomic E-state index is 0.288. The quantitative estimate of drug-likeness (QED) is 0.760. The number of benzene rings is 1. The van der Waals surface area contributed by atoms with Crippen LogP contribution in [-0.2, 0) is 0 Å². The van der Waals surface area contributed by atoms with Crippen molar-refractivity contribution in [1.82, 2.24) is 15.3 Å². The fourth-order valence-corrected chi connectivity index (χ4v) is 3.21. The molecule has 3 rings (SSSR count). The van der Waals surface area contributed by atoms with E-state index < -0.39 is 0 Å². The van der Waals surface area contributed by atoms with Crippen molar-refractivity contribution in [2.24, 2.45) is 0 Å². The van der Waals surface area contributed by atoms with Gasteiger partial charge in [0.15, 0.2) is 0 Å². The van der Waals surface area contributed by atoms with Crippen molar-refractivity contribution < 1.29 is 0 Å². The smallest absolute Gasteiger partial charge is 0.107 e. The molecule has 0 aliphatic carbocycles. The summed E-state index contributed by atoms with van der Waals surface area (Å²) in [5.41, 5.74) is 2.38. The molecule has 3 nitrogen and oxygen atoms in total. The van der Waals surface area contributed by atoms with Crippen LogP contribution >= 0.6 is 11.8 Å². The molecule has 0 spiro atoms. The Balaban J connectivity index is 1.94. The molecule has 0 bridgehead atoms. The first-order valence-corrected chi connectivity index (χ1v) is 7.47. The summed E-state index contributed by atoms with van der Waals surface area (Å²) in [6.07, 6.45) is 1.84. The summed E-state index contributed by atoms with van der Waals surface area (Å²) in [7, 11) is 1.97. The minimum absolute atomic E-state index is 0.288. The third-order valence-corrected chi connectivity index (χ3v) is 4.39. The molecule has 2 N–H and O–H groups in total. The lowest BCUT2D eigenvalue weighted by atomic mass is 10.1. The predicted molar refractivity (Wildman–Crippen MR) is 84.1 cm³/mol. The van der Waals surface area contributed by atoms with Gasteiger partial charge in [-0.25, -0.2) is 4.98 Å². The second-order valence-corrected chi connectivity index (χ2v) is 5.76. The molecule has 4 heteroatoms. The first kappa shape index (κ1) is 13.2. The fourth-order valence-electron chi connectivity index (χ4n) is 2.18. The Morgan fingerprint density at radius 1 is 1.20 bits per heavy atom. The number of nitrogens with zero attached hydrogens (tertiary/aromatic N) is 1. The normalized spacial score (nSPS) is 12.7. The lowest BCUT2D eigenvalue weighted by Gasteiger charge is -2.13. The standard InChI is InChI=1S/C16H17N3S/c1-11(17-2)13-7-5-9-18-16(13)20-15-10-12-6-3-4-8-14(12)19-15/h3-11,17,19H,1-2H3. The monoisotopic (exact) mass is 283 g/mol. The molecule has 20 heavy (non-hydrogen) atoms. The van der Waals surface area contributed by atoms with Gasteiger partial charge in [0, 0.05) is 28.7 Å². The Labute approximate surface area is 122 Å². The summed E-state index contributed by atoms with van der Waals surface area (Å²) in [6.45, 7) is 2.15. The van der Waals surface area contributed by atoms with Gasteiger partial charge in [-0.3, -0.25) is 0 Å². The topological polar surface area (TPSA) is 40.7 Å². The third-order valence-electron chi connectivity index (χ3n) is 3.41. The number of para-hydroxylation sites is 1. The van der Waals surface area contributed by atoms with E-state index in [1.54, 1.807) is 11.8 Å². The van der Waals surface area contributed by atoms with Gasteiger partial charge in [-0.2, -0.15) is 0 Å². The van der Waals surface area contributed by atoms with E-state index in [2.05, 4.69) is 52.5 Å². The minimum Gasteiger partial charge on any atom is -0.349 e. The zero-order valence-electron chi connectivity index (χ0n) is 11.6. The summed E-state index contributed by atoms with van der Waals surface area (Å²) in [5, 5.41) is 6.66. The summed E-state index contributed by atoms with van der Waals surface area (Å²) < 4.78 is 0. The number of aromatic amines is 1. The molecule has 0 saturated heterocycles. The Bertz CT molecular complexity index is 687. The van der Waals surface area contributed by atoms with Gasteiger partial charge in [-0.05, 0) is 32.2 Å². The molecule has 1 unspecified atom stereocenters. The molecule has 102 valence electrons. The second-order valence-electron chi connectivity index (χ2n) is 4.73. The second kappa shape index (κ2) is 5.69. The SMILES string of the molecule is CNC(C)c1cccnc1Sc1cc2ccccc2[nH]1. The van der Waals surface area contributed by atoms with Crippen molar-refractivity contribution in [3.8, 4) is 0 Å². The van der Waals surface area contributed by atoms with Crippen molar-refractivity contribution in [2.45, 2.75) is 23.0 Å². The van der Waals surface area contributed by atoms with Crippen LogP contribution in [0.25, 0.3) is 10.9 Å². The van der Waals surface area contributed by atoms with Gasteiger partial charge in [-0.15, -0.1) is 0 Å². The van der Waals surface area contributed by atoms with E-state index in [1.165, 1.54) is 10.9 Å². The zero-order chi connectivity index (χ0) is 13.9. The lowest BCUT2D eigenvalue weighted by Crippen LogP contribution is -2.13. The Morgan fingerprint density at radius 2 is 2.05 bits per heavy atom. The molecule has 0 radical (unpaired) electrons. The number of aromatic nitrogens is 2. The highest BCUT2D eigenvalue weighted by Crippen LogP contribution is 2.32. The van der Waals surface area contributed by atoms with Gasteiger partial charge in [0.25, 0.3) is 0 Å². The molecule has 1 aromatic carbocycles. The predicted octanol–water partition coefficient (Wildman–Crippen LogP) is 3.99. The van der Waals surface area contributed by atoms with Gasteiger partial charge in [0.1, 0.15) is 5.03 Å². The van der Waals surface area contributed by atoms with E-state index in [1.807, 2.05) is 25.4 Å². The number of nitrogens with one attached hydrogen (secondary N) is 2. The summed E-state index contributed by atoms with van der Waals surface area (Å²) >= 11 is 1.68. The van der Waals surface area contributed by atoms with Crippen molar-refractivity contribution >= 4 is 22.7 Å². The van der Waals surface area contributed by atoms with E-state index in [4.69, 9.17) is 0 Å². The Hall–Kier alpha value is -1.78. The molecule has 2 heterocycles. The highest BCUT2D eigenvalue weighted by atomic mass is 32.2. The molecular formula is C16H17N3S. The van der Waals surface area contributed by atoms with E-state index in [0.717, 1.165) is 15.6 Å². The van der Waals surface area contributed by atoms with Crippen LogP contribution in [0.2, 0.25) is 0 Å². The van der Waals surface area contributed by atoms with Crippen LogP contribution in [0.4, 0.5) is 0 Å². The van der Waals surface area contributed by atoms with Crippen molar-refractivity contribution in [2.75, 3.05) is 7.05 Å². The molecule has 0 fully saturated rings. The average Bonchev–Trinajstić information content (AvgIpc) is 2.89. The van der Waals surface area contributed by atoms with E-state index in [0.29, 0.717) is 0 Å². The van der Waals surface area contributed by atoms with Crippen LogP contribution < -0.4 is 5.32 Å². The molecule has 0 aliphatic heterocycles. The number of hydrogen-bond donors (Lipinski definition) is 2. The van der Waals surface area contributed by atoms with Crippen molar-refractivity contribution in [3.63, 3.8) is 0 Å². The van der Waals surface area contributed by atoms with Gasteiger partial charge >= 0.3 is 0 Å². The molecular weight excluding hydrogens is 266 g/mol. The summed E-state index contributed by atoms with van der Waals surface area (Å²) in [5.74, 6) is 0. The first-order chi connectivity index (χ1) is 9.78. The van der Waals surface area contributed by atoms with Gasteiger partial charge in [-0.1, -0.05) is 36.0 Å². The number of H-pyrrole nitrogens is 1. The molecule has 2 aromatic heterocycles. The zero-order valence-corrected chi connectivity index (χ0v) is 12.4. The number of rotatable bonds is 4. The molecule has 0 aliphatic rings. The first-order valence-electron chi connectivity index (χ1n) is 6.65. The van der Waals surface area contributed by atoms with Gasteiger partial charge in [0.05, 0.1) is 5.03 Å². The maximum Gasteiger partial charge on any atom is 0.107 e.